The molecule has 1 heterocycles. The Labute approximate surface area is 160 Å². The summed E-state index contributed by atoms with van der Waals surface area (Å²) in [6.45, 7) is 3.22. The van der Waals surface area contributed by atoms with Gasteiger partial charge < -0.3 is 15.3 Å². The number of nitrogens with one attached hydrogen (secondary N) is 1. The van der Waals surface area contributed by atoms with E-state index in [2.05, 4.69) is 5.32 Å². The third kappa shape index (κ3) is 5.15. The van der Waals surface area contributed by atoms with Crippen LogP contribution < -0.4 is 5.32 Å². The Morgan fingerprint density at radius 3 is 2.63 bits per heavy atom. The molecule has 1 fully saturated rings. The van der Waals surface area contributed by atoms with Gasteiger partial charge in [0.1, 0.15) is 17.7 Å². The summed E-state index contributed by atoms with van der Waals surface area (Å²) in [5.74, 6) is -3.94. The molecule has 2 amide bonds. The zero-order valence-electron chi connectivity index (χ0n) is 15.0. The van der Waals surface area contributed by atoms with Gasteiger partial charge in [-0.1, -0.05) is 25.4 Å². The van der Waals surface area contributed by atoms with Crippen LogP contribution in [0.3, 0.4) is 0 Å². The van der Waals surface area contributed by atoms with Crippen LogP contribution >= 0.6 is 11.6 Å². The van der Waals surface area contributed by atoms with Crippen molar-refractivity contribution >= 4 is 29.4 Å². The van der Waals surface area contributed by atoms with Crippen LogP contribution in [0, 0.1) is 17.6 Å². The number of carbonyl (C=O) groups is 3. The summed E-state index contributed by atoms with van der Waals surface area (Å²) < 4.78 is 27.1. The molecule has 1 aromatic rings. The van der Waals surface area contributed by atoms with Crippen LogP contribution in [0.25, 0.3) is 0 Å². The molecule has 0 unspecified atom stereocenters. The van der Waals surface area contributed by atoms with Crippen LogP contribution in [0.1, 0.15) is 38.7 Å². The highest BCUT2D eigenvalue weighted by molar-refractivity contribution is 6.31. The van der Waals surface area contributed by atoms with Gasteiger partial charge in [-0.2, -0.15) is 0 Å². The van der Waals surface area contributed by atoms with Crippen molar-refractivity contribution in [1.82, 2.24) is 10.2 Å². The van der Waals surface area contributed by atoms with Crippen LogP contribution in [-0.4, -0.2) is 39.9 Å². The van der Waals surface area contributed by atoms with E-state index in [-0.39, 0.29) is 41.8 Å². The molecular weight excluding hydrogens is 382 g/mol. The number of carbonyl (C=O) groups excluding carboxylic acids is 2. The lowest BCUT2D eigenvalue weighted by molar-refractivity contribution is -0.143. The van der Waals surface area contributed by atoms with Gasteiger partial charge in [0.05, 0.1) is 5.02 Å². The molecule has 148 valence electrons. The summed E-state index contributed by atoms with van der Waals surface area (Å²) in [5.41, 5.74) is 0.111. The summed E-state index contributed by atoms with van der Waals surface area (Å²) in [6, 6.07) is 0.171. The molecule has 6 nitrogen and oxygen atoms in total. The Morgan fingerprint density at radius 1 is 1.37 bits per heavy atom. The predicted molar refractivity (Wildman–Crippen MR) is 94.0 cm³/mol. The molecule has 1 aliphatic heterocycles. The van der Waals surface area contributed by atoms with Crippen molar-refractivity contribution in [3.05, 3.63) is 34.4 Å². The van der Waals surface area contributed by atoms with Gasteiger partial charge in [0.2, 0.25) is 11.8 Å². The molecule has 2 N–H and O–H groups in total. The summed E-state index contributed by atoms with van der Waals surface area (Å²) in [7, 11) is 0. The number of hydrogen-bond donors (Lipinski definition) is 2. The van der Waals surface area contributed by atoms with Gasteiger partial charge in [-0.15, -0.1) is 0 Å². The number of nitrogens with zero attached hydrogens (tertiary/aromatic N) is 1. The first-order valence-electron chi connectivity index (χ1n) is 8.55. The molecule has 1 saturated heterocycles. The van der Waals surface area contributed by atoms with E-state index < -0.39 is 35.6 Å². The van der Waals surface area contributed by atoms with Crippen LogP contribution in [0.15, 0.2) is 12.1 Å². The third-order valence-corrected chi connectivity index (χ3v) is 4.96. The molecule has 0 aliphatic carbocycles. The van der Waals surface area contributed by atoms with Crippen molar-refractivity contribution in [3.63, 3.8) is 0 Å². The average molecular weight is 403 g/mol. The van der Waals surface area contributed by atoms with Crippen LogP contribution in [0.5, 0.6) is 0 Å². The van der Waals surface area contributed by atoms with E-state index in [0.29, 0.717) is 12.5 Å². The highest BCUT2D eigenvalue weighted by atomic mass is 35.5. The molecular formula is C18H21ClF2N2O4. The second-order valence-electron chi connectivity index (χ2n) is 6.91. The first-order valence-corrected chi connectivity index (χ1v) is 8.93. The minimum absolute atomic E-state index is 0.0995. The molecule has 0 radical (unpaired) electrons. The van der Waals surface area contributed by atoms with E-state index in [0.717, 1.165) is 6.07 Å². The lowest BCUT2D eigenvalue weighted by atomic mass is 10.0. The number of amides is 2. The van der Waals surface area contributed by atoms with E-state index >= 15 is 0 Å². The van der Waals surface area contributed by atoms with Gasteiger partial charge in [0.15, 0.2) is 0 Å². The number of benzene rings is 1. The third-order valence-electron chi connectivity index (χ3n) is 4.53. The fourth-order valence-corrected chi connectivity index (χ4v) is 3.26. The number of hydrogen-bond acceptors (Lipinski definition) is 3. The molecule has 0 spiro atoms. The van der Waals surface area contributed by atoms with Crippen molar-refractivity contribution in [2.75, 3.05) is 0 Å². The maximum absolute atomic E-state index is 13.6. The normalized spacial score (nSPS) is 18.1. The zero-order chi connectivity index (χ0) is 20.3. The maximum Gasteiger partial charge on any atom is 0.326 e. The summed E-state index contributed by atoms with van der Waals surface area (Å²) in [5, 5.41) is 11.3. The number of rotatable bonds is 7. The second kappa shape index (κ2) is 8.65. The molecule has 9 heteroatoms. The number of carboxylic acid groups (broad SMARTS) is 1. The largest absolute Gasteiger partial charge is 0.480 e. The van der Waals surface area contributed by atoms with Crippen molar-refractivity contribution in [1.29, 1.82) is 0 Å². The van der Waals surface area contributed by atoms with E-state index in [1.54, 1.807) is 13.8 Å². The number of likely N-dealkylation sites (tertiary alicyclic amines) is 1. The topological polar surface area (TPSA) is 86.7 Å². The Bertz CT molecular complexity index is 757. The van der Waals surface area contributed by atoms with E-state index in [4.69, 9.17) is 16.7 Å². The Balaban J connectivity index is 2.10. The molecule has 27 heavy (non-hydrogen) atoms. The van der Waals surface area contributed by atoms with E-state index in [9.17, 15) is 23.2 Å². The maximum atomic E-state index is 13.6. The summed E-state index contributed by atoms with van der Waals surface area (Å²) in [4.78, 5) is 37.0. The minimum atomic E-state index is -1.14. The fourth-order valence-electron chi connectivity index (χ4n) is 3.09. The van der Waals surface area contributed by atoms with Crippen LogP contribution in [-0.2, 0) is 20.9 Å². The quantitative estimate of drug-likeness (QED) is 0.686. The van der Waals surface area contributed by atoms with E-state index in [1.165, 1.54) is 4.90 Å². The number of aliphatic carboxylic acids is 1. The van der Waals surface area contributed by atoms with Crippen molar-refractivity contribution in [2.45, 2.75) is 51.7 Å². The standard InChI is InChI=1S/C18H21ClF2N2O4/c1-9(2)17(18(26)27)22-14(24)7-12-3-4-15(25)23(12)8-10-5-11(20)6-13(21)16(10)19/h5-6,9,12,17H,3-4,7-8H2,1-2H3,(H,22,24)(H,26,27)/t12-,17-/m0/s1. The summed E-state index contributed by atoms with van der Waals surface area (Å²) in [6.07, 6.45) is 0.485. The Hall–Kier alpha value is -2.22. The lowest BCUT2D eigenvalue weighted by Gasteiger charge is -2.26. The van der Waals surface area contributed by atoms with Gasteiger partial charge in [-0.3, -0.25) is 9.59 Å². The Kier molecular flexibility index (Phi) is 6.75. The van der Waals surface area contributed by atoms with Gasteiger partial charge >= 0.3 is 5.97 Å². The van der Waals surface area contributed by atoms with Gasteiger partial charge in [0, 0.05) is 31.5 Å². The van der Waals surface area contributed by atoms with Gasteiger partial charge in [0.25, 0.3) is 0 Å². The molecule has 0 bridgehead atoms. The molecule has 2 atom stereocenters. The van der Waals surface area contributed by atoms with Gasteiger partial charge in [-0.05, 0) is 24.0 Å². The number of carboxylic acids is 1. The first kappa shape index (κ1) is 21.1. The second-order valence-corrected chi connectivity index (χ2v) is 7.28. The molecule has 0 aromatic heterocycles. The van der Waals surface area contributed by atoms with Gasteiger partial charge in [-0.25, -0.2) is 13.6 Å². The smallest absolute Gasteiger partial charge is 0.326 e. The molecule has 0 saturated carbocycles. The Morgan fingerprint density at radius 2 is 2.04 bits per heavy atom. The van der Waals surface area contributed by atoms with E-state index in [1.807, 2.05) is 0 Å². The lowest BCUT2D eigenvalue weighted by Crippen LogP contribution is -2.46. The minimum Gasteiger partial charge on any atom is -0.480 e. The van der Waals surface area contributed by atoms with Crippen molar-refractivity contribution < 1.29 is 28.3 Å². The van der Waals surface area contributed by atoms with Crippen molar-refractivity contribution in [2.24, 2.45) is 5.92 Å². The SMILES string of the molecule is CC(C)[C@H](NC(=O)C[C@@H]1CCC(=O)N1Cc1cc(F)cc(F)c1Cl)C(=O)O. The highest BCUT2D eigenvalue weighted by Crippen LogP contribution is 2.28. The summed E-state index contributed by atoms with van der Waals surface area (Å²) >= 11 is 5.86. The fraction of sp³-hybridized carbons (Fsp3) is 0.500. The van der Waals surface area contributed by atoms with Crippen molar-refractivity contribution in [3.8, 4) is 0 Å². The van der Waals surface area contributed by atoms with Crippen LogP contribution in [0.4, 0.5) is 8.78 Å². The highest BCUT2D eigenvalue weighted by Gasteiger charge is 2.34. The molecule has 1 aromatic carbocycles. The van der Waals surface area contributed by atoms with Crippen LogP contribution in [0.2, 0.25) is 5.02 Å². The number of halogens is 3. The average Bonchev–Trinajstić information content (AvgIpc) is 2.89. The monoisotopic (exact) mass is 402 g/mol. The zero-order valence-corrected chi connectivity index (χ0v) is 15.7. The first-order chi connectivity index (χ1) is 12.6. The molecule has 2 rings (SSSR count). The molecule has 1 aliphatic rings. The predicted octanol–water partition coefficient (Wildman–Crippen LogP) is 2.72.